The van der Waals surface area contributed by atoms with Crippen molar-refractivity contribution in [3.8, 4) is 11.3 Å². The number of hydrogen-bond donors (Lipinski definition) is 1. The highest BCUT2D eigenvalue weighted by Crippen LogP contribution is 2.31. The lowest BCUT2D eigenvalue weighted by molar-refractivity contribution is 0.281. The Hall–Kier alpha value is -1.59. The monoisotopic (exact) mass is 388 g/mol. The molecule has 1 N–H and O–H groups in total. The first kappa shape index (κ1) is 17.8. The summed E-state index contributed by atoms with van der Waals surface area (Å²) >= 11 is 12.4. The first-order chi connectivity index (χ1) is 12.6. The van der Waals surface area contributed by atoms with Gasteiger partial charge in [0.2, 0.25) is 0 Å². The van der Waals surface area contributed by atoms with Crippen molar-refractivity contribution >= 4 is 28.8 Å². The van der Waals surface area contributed by atoms with E-state index in [1.54, 1.807) is 0 Å². The molecular formula is C20H22Cl2N4. The number of aromatic nitrogens is 2. The standard InChI is InChI=1S/C20H22Cl2N4/c1-14-4-2-10-26-18(13-25-9-3-7-23-8-11-25)19(24-20(14)26)15-5-6-16(21)17(22)12-15/h2,4-6,10,12,23H,3,7-9,11,13H2,1H3. The summed E-state index contributed by atoms with van der Waals surface area (Å²) in [5, 5.41) is 4.59. The zero-order chi connectivity index (χ0) is 18.1. The van der Waals surface area contributed by atoms with E-state index >= 15 is 0 Å². The lowest BCUT2D eigenvalue weighted by Crippen LogP contribution is -2.28. The van der Waals surface area contributed by atoms with Gasteiger partial charge in [0.1, 0.15) is 5.65 Å². The minimum absolute atomic E-state index is 0.558. The molecule has 1 fully saturated rings. The molecule has 3 aromatic rings. The van der Waals surface area contributed by atoms with Crippen molar-refractivity contribution in [2.24, 2.45) is 0 Å². The maximum absolute atomic E-state index is 6.27. The average Bonchev–Trinajstić information content (AvgIpc) is 2.81. The SMILES string of the molecule is Cc1cccn2c(CN3CCCNCC3)c(-c3ccc(Cl)c(Cl)c3)nc12. The van der Waals surface area contributed by atoms with Gasteiger partial charge in [-0.2, -0.15) is 0 Å². The molecule has 0 atom stereocenters. The lowest BCUT2D eigenvalue weighted by Gasteiger charge is -2.20. The van der Waals surface area contributed by atoms with E-state index in [1.165, 1.54) is 5.69 Å². The third-order valence-corrected chi connectivity index (χ3v) is 5.68. The van der Waals surface area contributed by atoms with Crippen LogP contribution in [0.25, 0.3) is 16.9 Å². The summed E-state index contributed by atoms with van der Waals surface area (Å²) in [6.07, 6.45) is 3.26. The zero-order valence-corrected chi connectivity index (χ0v) is 16.3. The van der Waals surface area contributed by atoms with Crippen LogP contribution in [0.2, 0.25) is 10.0 Å². The number of hydrogen-bond acceptors (Lipinski definition) is 3. The molecule has 3 heterocycles. The molecule has 4 nitrogen and oxygen atoms in total. The summed E-state index contributed by atoms with van der Waals surface area (Å²) in [7, 11) is 0. The number of imidazole rings is 1. The fraction of sp³-hybridized carbons (Fsp3) is 0.350. The molecule has 0 bridgehead atoms. The third kappa shape index (κ3) is 3.47. The van der Waals surface area contributed by atoms with Crippen molar-refractivity contribution < 1.29 is 0 Å². The van der Waals surface area contributed by atoms with Crippen molar-refractivity contribution in [1.82, 2.24) is 19.6 Å². The summed E-state index contributed by atoms with van der Waals surface area (Å²) in [5.74, 6) is 0. The fourth-order valence-corrected chi connectivity index (χ4v) is 3.85. The van der Waals surface area contributed by atoms with Gasteiger partial charge in [0.15, 0.2) is 0 Å². The molecule has 1 saturated heterocycles. The maximum atomic E-state index is 6.27. The number of halogens is 2. The maximum Gasteiger partial charge on any atom is 0.140 e. The second-order valence-corrected chi connectivity index (χ2v) is 7.61. The smallest absolute Gasteiger partial charge is 0.140 e. The Labute approximate surface area is 163 Å². The van der Waals surface area contributed by atoms with E-state index in [4.69, 9.17) is 28.2 Å². The van der Waals surface area contributed by atoms with Gasteiger partial charge in [0.05, 0.1) is 21.4 Å². The molecule has 6 heteroatoms. The van der Waals surface area contributed by atoms with Gasteiger partial charge in [-0.1, -0.05) is 35.3 Å². The van der Waals surface area contributed by atoms with Crippen molar-refractivity contribution in [3.63, 3.8) is 0 Å². The fourth-order valence-electron chi connectivity index (χ4n) is 3.55. The van der Waals surface area contributed by atoms with E-state index < -0.39 is 0 Å². The first-order valence-corrected chi connectivity index (χ1v) is 9.74. The Balaban J connectivity index is 1.82. The van der Waals surface area contributed by atoms with Gasteiger partial charge in [-0.3, -0.25) is 4.90 Å². The Morgan fingerprint density at radius 2 is 2.00 bits per heavy atom. The molecule has 136 valence electrons. The number of nitrogens with one attached hydrogen (secondary N) is 1. The van der Waals surface area contributed by atoms with Gasteiger partial charge >= 0.3 is 0 Å². The molecule has 1 aromatic carbocycles. The summed E-state index contributed by atoms with van der Waals surface area (Å²) in [5.41, 5.74) is 5.35. The molecular weight excluding hydrogens is 367 g/mol. The van der Waals surface area contributed by atoms with Crippen molar-refractivity contribution in [2.45, 2.75) is 19.9 Å². The van der Waals surface area contributed by atoms with E-state index in [-0.39, 0.29) is 0 Å². The molecule has 4 rings (SSSR count). The van der Waals surface area contributed by atoms with Crippen LogP contribution >= 0.6 is 23.2 Å². The highest BCUT2D eigenvalue weighted by molar-refractivity contribution is 6.42. The average molecular weight is 389 g/mol. The van der Waals surface area contributed by atoms with E-state index in [1.807, 2.05) is 18.2 Å². The summed E-state index contributed by atoms with van der Waals surface area (Å²) < 4.78 is 2.21. The van der Waals surface area contributed by atoms with Gasteiger partial charge in [-0.05, 0) is 50.2 Å². The molecule has 1 aliphatic rings. The van der Waals surface area contributed by atoms with Crippen LogP contribution in [0.4, 0.5) is 0 Å². The summed E-state index contributed by atoms with van der Waals surface area (Å²) in [6, 6.07) is 9.93. The Bertz CT molecular complexity index is 927. The van der Waals surface area contributed by atoms with Crippen molar-refractivity contribution in [1.29, 1.82) is 0 Å². The number of nitrogens with zero attached hydrogens (tertiary/aromatic N) is 3. The molecule has 0 amide bonds. The zero-order valence-electron chi connectivity index (χ0n) is 14.8. The topological polar surface area (TPSA) is 32.6 Å². The van der Waals surface area contributed by atoms with E-state index in [2.05, 4.69) is 39.9 Å². The van der Waals surface area contributed by atoms with Gasteiger partial charge in [0, 0.05) is 31.4 Å². The summed E-state index contributed by atoms with van der Waals surface area (Å²) in [4.78, 5) is 7.45. The molecule has 26 heavy (non-hydrogen) atoms. The van der Waals surface area contributed by atoms with Crippen LogP contribution in [-0.4, -0.2) is 40.5 Å². The largest absolute Gasteiger partial charge is 0.315 e. The van der Waals surface area contributed by atoms with Crippen molar-refractivity contribution in [2.75, 3.05) is 26.2 Å². The van der Waals surface area contributed by atoms with E-state index in [0.717, 1.165) is 61.6 Å². The van der Waals surface area contributed by atoms with Crippen LogP contribution in [0.15, 0.2) is 36.5 Å². The predicted octanol–water partition coefficient (Wildman–Crippen LogP) is 4.41. The summed E-state index contributed by atoms with van der Waals surface area (Å²) in [6.45, 7) is 7.20. The van der Waals surface area contributed by atoms with Crippen LogP contribution in [0.5, 0.6) is 0 Å². The second-order valence-electron chi connectivity index (χ2n) is 6.80. The van der Waals surface area contributed by atoms with Gasteiger partial charge < -0.3 is 9.72 Å². The molecule has 0 aliphatic carbocycles. The minimum Gasteiger partial charge on any atom is -0.315 e. The van der Waals surface area contributed by atoms with Crippen molar-refractivity contribution in [3.05, 3.63) is 57.8 Å². The Kier molecular flexibility index (Phi) is 5.18. The minimum atomic E-state index is 0.558. The number of benzene rings is 1. The van der Waals surface area contributed by atoms with Crippen LogP contribution in [0, 0.1) is 6.92 Å². The van der Waals surface area contributed by atoms with Crippen LogP contribution < -0.4 is 5.32 Å². The number of fused-ring (bicyclic) bond motifs is 1. The second kappa shape index (κ2) is 7.57. The molecule has 0 radical (unpaired) electrons. The first-order valence-electron chi connectivity index (χ1n) is 8.98. The quantitative estimate of drug-likeness (QED) is 0.720. The predicted molar refractivity (Wildman–Crippen MR) is 108 cm³/mol. The number of pyridine rings is 1. The third-order valence-electron chi connectivity index (χ3n) is 4.94. The molecule has 0 unspecified atom stereocenters. The Morgan fingerprint density at radius 3 is 2.85 bits per heavy atom. The molecule has 0 saturated carbocycles. The Morgan fingerprint density at radius 1 is 1.12 bits per heavy atom. The van der Waals surface area contributed by atoms with Crippen LogP contribution in [0.1, 0.15) is 17.7 Å². The molecule has 2 aromatic heterocycles. The van der Waals surface area contributed by atoms with Gasteiger partial charge in [-0.25, -0.2) is 4.98 Å². The number of aryl methyl sites for hydroxylation is 1. The normalized spacial score (nSPS) is 16.1. The van der Waals surface area contributed by atoms with E-state index in [0.29, 0.717) is 10.0 Å². The van der Waals surface area contributed by atoms with Crippen LogP contribution in [0.3, 0.4) is 0 Å². The number of rotatable bonds is 3. The van der Waals surface area contributed by atoms with Gasteiger partial charge in [0.25, 0.3) is 0 Å². The highest BCUT2D eigenvalue weighted by Gasteiger charge is 2.19. The molecule has 1 aliphatic heterocycles. The highest BCUT2D eigenvalue weighted by atomic mass is 35.5. The van der Waals surface area contributed by atoms with Crippen LogP contribution in [-0.2, 0) is 6.54 Å². The lowest BCUT2D eigenvalue weighted by atomic mass is 10.1. The van der Waals surface area contributed by atoms with E-state index in [9.17, 15) is 0 Å². The van der Waals surface area contributed by atoms with Gasteiger partial charge in [-0.15, -0.1) is 0 Å². The molecule has 0 spiro atoms.